The Morgan fingerprint density at radius 3 is 2.79 bits per heavy atom. The number of rotatable bonds is 7. The van der Waals surface area contributed by atoms with E-state index in [0.29, 0.717) is 25.1 Å². The maximum atomic E-state index is 12.9. The van der Waals surface area contributed by atoms with Crippen LogP contribution in [0.2, 0.25) is 0 Å². The van der Waals surface area contributed by atoms with Crippen molar-refractivity contribution in [2.24, 2.45) is 0 Å². The molecule has 1 N–H and O–H groups in total. The molecule has 3 amide bonds. The molecule has 0 aliphatic carbocycles. The van der Waals surface area contributed by atoms with Crippen LogP contribution in [0.5, 0.6) is 5.75 Å². The van der Waals surface area contributed by atoms with Crippen molar-refractivity contribution in [3.05, 3.63) is 71.0 Å². The molecule has 3 aliphatic heterocycles. The highest BCUT2D eigenvalue weighted by molar-refractivity contribution is 6.05. The van der Waals surface area contributed by atoms with Gasteiger partial charge in [-0.3, -0.25) is 29.6 Å². The van der Waals surface area contributed by atoms with Crippen molar-refractivity contribution in [1.29, 1.82) is 0 Å². The van der Waals surface area contributed by atoms with Crippen molar-refractivity contribution < 1.29 is 23.9 Å². The Kier molecular flexibility index (Phi) is 6.55. The monoisotopic (exact) mass is 514 g/mol. The zero-order valence-electron chi connectivity index (χ0n) is 21.3. The van der Waals surface area contributed by atoms with Crippen LogP contribution in [-0.4, -0.2) is 64.9 Å². The van der Waals surface area contributed by atoms with Gasteiger partial charge in [0, 0.05) is 56.9 Å². The van der Waals surface area contributed by atoms with Gasteiger partial charge in [0.15, 0.2) is 0 Å². The third-order valence-electron chi connectivity index (χ3n) is 7.57. The first-order valence-electron chi connectivity index (χ1n) is 13.0. The fourth-order valence-electron chi connectivity index (χ4n) is 5.66. The molecule has 3 aliphatic rings. The van der Waals surface area contributed by atoms with Crippen LogP contribution in [0, 0.1) is 0 Å². The molecular weight excluding hydrogens is 484 g/mol. The number of nitrogens with zero attached hydrogens (tertiary/aromatic N) is 3. The van der Waals surface area contributed by atoms with Gasteiger partial charge >= 0.3 is 0 Å². The number of ether oxygens (including phenoxy) is 2. The molecule has 0 spiro atoms. The molecular formula is C29H30N4O5. The van der Waals surface area contributed by atoms with Crippen LogP contribution in [-0.2, 0) is 34.0 Å². The molecule has 2 saturated heterocycles. The quantitative estimate of drug-likeness (QED) is 0.484. The second-order valence-corrected chi connectivity index (χ2v) is 10.3. The van der Waals surface area contributed by atoms with E-state index in [1.54, 1.807) is 18.1 Å². The number of hydrogen-bond donors (Lipinski definition) is 1. The van der Waals surface area contributed by atoms with Crippen molar-refractivity contribution in [2.45, 2.75) is 51.1 Å². The number of amides is 3. The SMILES string of the molecule is COCc1ccc2cc(CN3CC[C@H](Oc4ccc5c(c4)CN(C4CCC(=O)NC4=O)C5=O)C3)ncc2c1. The fraction of sp³-hybridized carbons (Fsp3) is 0.379. The summed E-state index contributed by atoms with van der Waals surface area (Å²) < 4.78 is 11.5. The summed E-state index contributed by atoms with van der Waals surface area (Å²) in [7, 11) is 1.70. The highest BCUT2D eigenvalue weighted by Crippen LogP contribution is 2.31. The lowest BCUT2D eigenvalue weighted by molar-refractivity contribution is -0.136. The third kappa shape index (κ3) is 4.87. The average Bonchev–Trinajstić information content (AvgIpc) is 3.47. The molecule has 9 heteroatoms. The lowest BCUT2D eigenvalue weighted by Gasteiger charge is -2.29. The van der Waals surface area contributed by atoms with Gasteiger partial charge in [-0.15, -0.1) is 0 Å². The van der Waals surface area contributed by atoms with E-state index in [9.17, 15) is 14.4 Å². The van der Waals surface area contributed by atoms with Crippen LogP contribution in [0.3, 0.4) is 0 Å². The largest absolute Gasteiger partial charge is 0.489 e. The molecule has 6 rings (SSSR count). The molecule has 1 unspecified atom stereocenters. The van der Waals surface area contributed by atoms with E-state index in [1.165, 1.54) is 5.39 Å². The van der Waals surface area contributed by atoms with E-state index in [2.05, 4.69) is 39.5 Å². The van der Waals surface area contributed by atoms with Crippen molar-refractivity contribution >= 4 is 28.5 Å². The van der Waals surface area contributed by atoms with Gasteiger partial charge in [-0.25, -0.2) is 0 Å². The number of aromatic nitrogens is 1. The topological polar surface area (TPSA) is 101 Å². The molecule has 1 aromatic heterocycles. The van der Waals surface area contributed by atoms with Crippen LogP contribution in [0.4, 0.5) is 0 Å². The van der Waals surface area contributed by atoms with Gasteiger partial charge in [0.25, 0.3) is 5.91 Å². The Bertz CT molecular complexity index is 1420. The van der Waals surface area contributed by atoms with E-state index in [1.807, 2.05) is 18.3 Å². The Morgan fingerprint density at radius 1 is 1.05 bits per heavy atom. The minimum absolute atomic E-state index is 0.0495. The molecule has 0 radical (unpaired) electrons. The van der Waals surface area contributed by atoms with Crippen molar-refractivity contribution in [2.75, 3.05) is 20.2 Å². The summed E-state index contributed by atoms with van der Waals surface area (Å²) in [5.74, 6) is -0.138. The van der Waals surface area contributed by atoms with Crippen LogP contribution in [0.15, 0.2) is 48.7 Å². The highest BCUT2D eigenvalue weighted by Gasteiger charge is 2.39. The normalized spacial score (nSPS) is 21.7. The van der Waals surface area contributed by atoms with Gasteiger partial charge in [-0.05, 0) is 59.7 Å². The number of likely N-dealkylation sites (tertiary alicyclic amines) is 1. The third-order valence-corrected chi connectivity index (χ3v) is 7.57. The molecule has 2 atom stereocenters. The number of carbonyl (C=O) groups is 3. The minimum Gasteiger partial charge on any atom is -0.489 e. The zero-order valence-corrected chi connectivity index (χ0v) is 21.3. The molecule has 0 saturated carbocycles. The second-order valence-electron chi connectivity index (χ2n) is 10.3. The zero-order chi connectivity index (χ0) is 26.2. The molecule has 2 aromatic carbocycles. The molecule has 196 valence electrons. The van der Waals surface area contributed by atoms with Crippen LogP contribution < -0.4 is 10.1 Å². The first kappa shape index (κ1) is 24.5. The molecule has 38 heavy (non-hydrogen) atoms. The lowest BCUT2D eigenvalue weighted by Crippen LogP contribution is -2.52. The van der Waals surface area contributed by atoms with E-state index in [0.717, 1.165) is 54.0 Å². The summed E-state index contributed by atoms with van der Waals surface area (Å²) in [5.41, 5.74) is 3.60. The first-order valence-corrected chi connectivity index (χ1v) is 13.0. The minimum atomic E-state index is -0.614. The van der Waals surface area contributed by atoms with Gasteiger partial charge in [0.05, 0.1) is 12.3 Å². The Labute approximate surface area is 220 Å². The number of benzene rings is 2. The molecule has 9 nitrogen and oxygen atoms in total. The Morgan fingerprint density at radius 2 is 1.95 bits per heavy atom. The molecule has 2 fully saturated rings. The van der Waals surface area contributed by atoms with Crippen LogP contribution >= 0.6 is 0 Å². The predicted molar refractivity (Wildman–Crippen MR) is 139 cm³/mol. The number of fused-ring (bicyclic) bond motifs is 2. The number of piperidine rings is 1. The van der Waals surface area contributed by atoms with E-state index in [4.69, 9.17) is 9.47 Å². The summed E-state index contributed by atoms with van der Waals surface area (Å²) in [6.45, 7) is 3.41. The number of hydrogen-bond acceptors (Lipinski definition) is 7. The number of imide groups is 1. The van der Waals surface area contributed by atoms with Gasteiger partial charge in [0.2, 0.25) is 11.8 Å². The second kappa shape index (κ2) is 10.2. The predicted octanol–water partition coefficient (Wildman–Crippen LogP) is 2.80. The smallest absolute Gasteiger partial charge is 0.255 e. The summed E-state index contributed by atoms with van der Waals surface area (Å²) in [6.07, 6.45) is 3.48. The summed E-state index contributed by atoms with van der Waals surface area (Å²) in [5, 5.41) is 4.62. The van der Waals surface area contributed by atoms with E-state index in [-0.39, 0.29) is 24.3 Å². The van der Waals surface area contributed by atoms with Crippen molar-refractivity contribution in [1.82, 2.24) is 20.1 Å². The average molecular weight is 515 g/mol. The summed E-state index contributed by atoms with van der Waals surface area (Å²) in [6, 6.07) is 13.4. The van der Waals surface area contributed by atoms with Crippen LogP contribution in [0.25, 0.3) is 10.8 Å². The summed E-state index contributed by atoms with van der Waals surface area (Å²) in [4.78, 5) is 45.3. The van der Waals surface area contributed by atoms with Crippen LogP contribution in [0.1, 0.15) is 46.4 Å². The van der Waals surface area contributed by atoms with Crippen molar-refractivity contribution in [3.63, 3.8) is 0 Å². The van der Waals surface area contributed by atoms with Gasteiger partial charge in [-0.1, -0.05) is 12.1 Å². The first-order chi connectivity index (χ1) is 18.5. The Hall–Kier alpha value is -3.82. The maximum absolute atomic E-state index is 12.9. The van der Waals surface area contributed by atoms with Gasteiger partial charge in [0.1, 0.15) is 17.9 Å². The maximum Gasteiger partial charge on any atom is 0.255 e. The molecule has 0 bridgehead atoms. The fourth-order valence-corrected chi connectivity index (χ4v) is 5.66. The highest BCUT2D eigenvalue weighted by atomic mass is 16.5. The number of methoxy groups -OCH3 is 1. The summed E-state index contributed by atoms with van der Waals surface area (Å²) >= 11 is 0. The molecule has 3 aromatic rings. The standard InChI is InChI=1S/C29H30N4O5/c1-37-17-18-2-3-19-11-22(30-13-20(19)10-18)15-32-9-8-24(16-32)38-23-4-5-25-21(12-23)14-33(29(25)36)26-6-7-27(34)31-28(26)35/h2-5,10-13,24,26H,6-9,14-17H2,1H3,(H,31,34,35)/t24-,26?/m0/s1. The number of pyridine rings is 1. The van der Waals surface area contributed by atoms with Gasteiger partial charge in [-0.2, -0.15) is 0 Å². The van der Waals surface area contributed by atoms with Crippen molar-refractivity contribution in [3.8, 4) is 5.75 Å². The van der Waals surface area contributed by atoms with E-state index < -0.39 is 11.9 Å². The lowest BCUT2D eigenvalue weighted by atomic mass is 10.0. The molecule has 4 heterocycles. The number of carbonyl (C=O) groups excluding carboxylic acids is 3. The number of nitrogens with one attached hydrogen (secondary N) is 1. The van der Waals surface area contributed by atoms with Gasteiger partial charge < -0.3 is 14.4 Å². The Balaban J connectivity index is 1.07. The van der Waals surface area contributed by atoms with E-state index >= 15 is 0 Å².